The van der Waals surface area contributed by atoms with Crippen molar-refractivity contribution in [2.24, 2.45) is 5.10 Å². The molecule has 1 aliphatic heterocycles. The second kappa shape index (κ2) is 3.15. The van der Waals surface area contributed by atoms with Gasteiger partial charge in [0.15, 0.2) is 0 Å². The van der Waals surface area contributed by atoms with E-state index in [1.807, 2.05) is 35.5 Å². The first-order valence-corrected chi connectivity index (χ1v) is 4.30. The monoisotopic (exact) mass is 180 g/mol. The molecular formula is C9H9ClN2. The molecule has 0 fully saturated rings. The molecule has 0 amide bonds. The molecule has 0 atom stereocenters. The number of nitrogens with zero attached hydrogens (tertiary/aromatic N) is 2. The molecule has 0 aliphatic carbocycles. The maximum atomic E-state index is 5.99. The van der Waals surface area contributed by atoms with Crippen molar-refractivity contribution in [2.45, 2.75) is 6.42 Å². The Morgan fingerprint density at radius 3 is 2.83 bits per heavy atom. The number of para-hydroxylation sites is 1. The van der Waals surface area contributed by atoms with Gasteiger partial charge in [0.25, 0.3) is 0 Å². The van der Waals surface area contributed by atoms with Gasteiger partial charge in [-0.2, -0.15) is 5.10 Å². The third-order valence-corrected chi connectivity index (χ3v) is 2.14. The van der Waals surface area contributed by atoms with Crippen molar-refractivity contribution in [3.05, 3.63) is 29.3 Å². The second-order valence-electron chi connectivity index (χ2n) is 2.66. The average Bonchev–Trinajstić information content (AvgIpc) is 2.57. The summed E-state index contributed by atoms with van der Waals surface area (Å²) in [6.07, 6.45) is 2.91. The van der Waals surface area contributed by atoms with Gasteiger partial charge in [0.05, 0.1) is 10.7 Å². The van der Waals surface area contributed by atoms with Crippen LogP contribution in [0.5, 0.6) is 0 Å². The summed E-state index contributed by atoms with van der Waals surface area (Å²) in [6, 6.07) is 7.75. The molecule has 0 aromatic heterocycles. The first kappa shape index (κ1) is 7.62. The molecule has 0 spiro atoms. The number of hydrogen-bond acceptors (Lipinski definition) is 2. The van der Waals surface area contributed by atoms with Crippen LogP contribution < -0.4 is 5.01 Å². The summed E-state index contributed by atoms with van der Waals surface area (Å²) in [4.78, 5) is 0. The van der Waals surface area contributed by atoms with E-state index in [9.17, 15) is 0 Å². The van der Waals surface area contributed by atoms with Gasteiger partial charge in [-0.25, -0.2) is 0 Å². The van der Waals surface area contributed by atoms with E-state index in [1.165, 1.54) is 0 Å². The first-order valence-electron chi connectivity index (χ1n) is 3.92. The van der Waals surface area contributed by atoms with E-state index in [-0.39, 0.29) is 0 Å². The smallest absolute Gasteiger partial charge is 0.0780 e. The molecule has 2 nitrogen and oxygen atoms in total. The lowest BCUT2D eigenvalue weighted by molar-refractivity contribution is 0.922. The molecule has 62 valence electrons. The predicted molar refractivity (Wildman–Crippen MR) is 51.9 cm³/mol. The summed E-state index contributed by atoms with van der Waals surface area (Å²) in [6.45, 7) is 0.934. The molecule has 1 aliphatic rings. The van der Waals surface area contributed by atoms with Gasteiger partial charge in [-0.1, -0.05) is 23.7 Å². The molecule has 1 aromatic rings. The Hall–Kier alpha value is -1.02. The molecule has 3 heteroatoms. The van der Waals surface area contributed by atoms with Gasteiger partial charge in [0, 0.05) is 19.2 Å². The molecule has 0 radical (unpaired) electrons. The van der Waals surface area contributed by atoms with Crippen molar-refractivity contribution in [3.63, 3.8) is 0 Å². The van der Waals surface area contributed by atoms with Gasteiger partial charge < -0.3 is 0 Å². The molecular weight excluding hydrogens is 172 g/mol. The van der Waals surface area contributed by atoms with Crippen LogP contribution in [0.25, 0.3) is 0 Å². The molecule has 0 N–H and O–H groups in total. The van der Waals surface area contributed by atoms with Crippen LogP contribution in [-0.2, 0) is 0 Å². The summed E-state index contributed by atoms with van der Waals surface area (Å²) in [7, 11) is 0. The normalized spacial score (nSPS) is 15.6. The van der Waals surface area contributed by atoms with Crippen LogP contribution in [-0.4, -0.2) is 12.8 Å². The van der Waals surface area contributed by atoms with E-state index in [0.717, 1.165) is 23.7 Å². The highest BCUT2D eigenvalue weighted by Gasteiger charge is 2.10. The Kier molecular flexibility index (Phi) is 2.00. The van der Waals surface area contributed by atoms with Crippen LogP contribution in [0.15, 0.2) is 29.4 Å². The van der Waals surface area contributed by atoms with Crippen LogP contribution >= 0.6 is 11.6 Å². The van der Waals surface area contributed by atoms with Crippen LogP contribution in [0.4, 0.5) is 5.69 Å². The maximum absolute atomic E-state index is 5.99. The standard InChI is InChI=1S/C9H9ClN2/c10-8-4-1-2-5-9(8)12-7-3-6-11-12/h1-2,4-6H,3,7H2. The zero-order chi connectivity index (χ0) is 8.39. The number of rotatable bonds is 1. The molecule has 1 heterocycles. The number of anilines is 1. The van der Waals surface area contributed by atoms with E-state index in [1.54, 1.807) is 0 Å². The molecule has 12 heavy (non-hydrogen) atoms. The summed E-state index contributed by atoms with van der Waals surface area (Å²) in [5, 5.41) is 6.87. The molecule has 2 rings (SSSR count). The Morgan fingerprint density at radius 1 is 1.33 bits per heavy atom. The highest BCUT2D eigenvalue weighted by atomic mass is 35.5. The summed E-state index contributed by atoms with van der Waals surface area (Å²) in [5.41, 5.74) is 0.993. The molecule has 0 saturated carbocycles. The van der Waals surface area contributed by atoms with Crippen LogP contribution in [0.2, 0.25) is 5.02 Å². The lowest BCUT2D eigenvalue weighted by Gasteiger charge is -2.14. The Bertz CT molecular complexity index is 309. The predicted octanol–water partition coefficient (Wildman–Crippen LogP) is 2.54. The zero-order valence-corrected chi connectivity index (χ0v) is 7.33. The van der Waals surface area contributed by atoms with E-state index in [2.05, 4.69) is 5.10 Å². The van der Waals surface area contributed by atoms with Gasteiger partial charge in [0.1, 0.15) is 0 Å². The van der Waals surface area contributed by atoms with Gasteiger partial charge >= 0.3 is 0 Å². The van der Waals surface area contributed by atoms with Crippen LogP contribution in [0, 0.1) is 0 Å². The maximum Gasteiger partial charge on any atom is 0.0780 e. The fraction of sp³-hybridized carbons (Fsp3) is 0.222. The van der Waals surface area contributed by atoms with E-state index in [0.29, 0.717) is 0 Å². The van der Waals surface area contributed by atoms with Gasteiger partial charge in [-0.15, -0.1) is 0 Å². The third-order valence-electron chi connectivity index (χ3n) is 1.82. The third kappa shape index (κ3) is 1.30. The van der Waals surface area contributed by atoms with Gasteiger partial charge in [0.2, 0.25) is 0 Å². The minimum Gasteiger partial charge on any atom is -0.264 e. The number of hydrogen-bond donors (Lipinski definition) is 0. The van der Waals surface area contributed by atoms with Crippen molar-refractivity contribution >= 4 is 23.5 Å². The summed E-state index contributed by atoms with van der Waals surface area (Å²) < 4.78 is 0. The van der Waals surface area contributed by atoms with Crippen molar-refractivity contribution in [3.8, 4) is 0 Å². The lowest BCUT2D eigenvalue weighted by Crippen LogP contribution is -2.11. The van der Waals surface area contributed by atoms with Crippen molar-refractivity contribution in [2.75, 3.05) is 11.6 Å². The van der Waals surface area contributed by atoms with Crippen molar-refractivity contribution in [1.82, 2.24) is 0 Å². The average molecular weight is 181 g/mol. The largest absolute Gasteiger partial charge is 0.264 e. The minimum absolute atomic E-state index is 0.761. The summed E-state index contributed by atoms with van der Waals surface area (Å²) in [5.74, 6) is 0. The van der Waals surface area contributed by atoms with Gasteiger partial charge in [-0.05, 0) is 12.1 Å². The number of benzene rings is 1. The molecule has 0 bridgehead atoms. The summed E-state index contributed by atoms with van der Waals surface area (Å²) >= 11 is 5.99. The molecule has 0 saturated heterocycles. The highest BCUT2D eigenvalue weighted by Crippen LogP contribution is 2.26. The Labute approximate surface area is 76.4 Å². The minimum atomic E-state index is 0.761. The zero-order valence-electron chi connectivity index (χ0n) is 6.57. The Balaban J connectivity index is 2.33. The molecule has 1 aromatic carbocycles. The second-order valence-corrected chi connectivity index (χ2v) is 3.07. The quantitative estimate of drug-likeness (QED) is 0.649. The van der Waals surface area contributed by atoms with E-state index >= 15 is 0 Å². The van der Waals surface area contributed by atoms with Crippen molar-refractivity contribution in [1.29, 1.82) is 0 Å². The van der Waals surface area contributed by atoms with Crippen LogP contribution in [0.1, 0.15) is 6.42 Å². The highest BCUT2D eigenvalue weighted by molar-refractivity contribution is 6.33. The fourth-order valence-corrected chi connectivity index (χ4v) is 1.47. The van der Waals surface area contributed by atoms with Gasteiger partial charge in [-0.3, -0.25) is 5.01 Å². The topological polar surface area (TPSA) is 15.6 Å². The number of hydrazone groups is 1. The number of halogens is 1. The fourth-order valence-electron chi connectivity index (χ4n) is 1.24. The lowest BCUT2D eigenvalue weighted by atomic mass is 10.3. The first-order chi connectivity index (χ1) is 5.88. The van der Waals surface area contributed by atoms with E-state index in [4.69, 9.17) is 11.6 Å². The Morgan fingerprint density at radius 2 is 2.17 bits per heavy atom. The van der Waals surface area contributed by atoms with E-state index < -0.39 is 0 Å². The van der Waals surface area contributed by atoms with Crippen LogP contribution in [0.3, 0.4) is 0 Å². The van der Waals surface area contributed by atoms with Crippen molar-refractivity contribution < 1.29 is 0 Å². The SMILES string of the molecule is Clc1ccccc1N1CCC=N1. The molecule has 0 unspecified atom stereocenters.